The predicted octanol–water partition coefficient (Wildman–Crippen LogP) is 2.64. The minimum atomic E-state index is -0.116. The molecule has 102 valence electrons. The van der Waals surface area contributed by atoms with Crippen LogP contribution in [0.5, 0.6) is 0 Å². The lowest BCUT2D eigenvalue weighted by Gasteiger charge is -2.03. The fourth-order valence-corrected chi connectivity index (χ4v) is 3.08. The van der Waals surface area contributed by atoms with E-state index in [2.05, 4.69) is 33.8 Å². The third-order valence-corrected chi connectivity index (χ3v) is 3.85. The van der Waals surface area contributed by atoms with Gasteiger partial charge >= 0.3 is 0 Å². The fraction of sp³-hybridized carbons (Fsp3) is 0.286. The van der Waals surface area contributed by atoms with Crippen LogP contribution in [0.2, 0.25) is 0 Å². The number of nitrogens with one attached hydrogen (secondary N) is 1. The molecule has 0 aliphatic heterocycles. The van der Waals surface area contributed by atoms with E-state index in [1.165, 1.54) is 11.3 Å². The monoisotopic (exact) mass is 286 g/mol. The minimum Gasteiger partial charge on any atom is -0.303 e. The van der Waals surface area contributed by atoms with Crippen molar-refractivity contribution in [1.29, 1.82) is 0 Å². The van der Waals surface area contributed by atoms with Gasteiger partial charge in [0.1, 0.15) is 4.83 Å². The van der Waals surface area contributed by atoms with Gasteiger partial charge in [-0.1, -0.05) is 13.8 Å². The van der Waals surface area contributed by atoms with Crippen LogP contribution in [0.4, 0.5) is 0 Å². The second-order valence-corrected chi connectivity index (χ2v) is 5.88. The summed E-state index contributed by atoms with van der Waals surface area (Å²) in [5.41, 5.74) is 0.948. The molecular weight excluding hydrogens is 272 g/mol. The van der Waals surface area contributed by atoms with Crippen molar-refractivity contribution in [1.82, 2.24) is 19.9 Å². The van der Waals surface area contributed by atoms with E-state index >= 15 is 0 Å². The molecule has 20 heavy (non-hydrogen) atoms. The first-order valence-corrected chi connectivity index (χ1v) is 7.31. The Kier molecular flexibility index (Phi) is 3.31. The van der Waals surface area contributed by atoms with Gasteiger partial charge in [-0.25, -0.2) is 15.0 Å². The lowest BCUT2D eigenvalue weighted by molar-refractivity contribution is 0.651. The molecule has 3 aromatic rings. The molecule has 0 radical (unpaired) electrons. The molecule has 0 bridgehead atoms. The molecule has 0 unspecified atom stereocenters. The van der Waals surface area contributed by atoms with Crippen LogP contribution in [0.1, 0.15) is 19.4 Å². The highest BCUT2D eigenvalue weighted by Crippen LogP contribution is 2.24. The van der Waals surface area contributed by atoms with Crippen LogP contribution in [-0.4, -0.2) is 19.9 Å². The largest absolute Gasteiger partial charge is 0.303 e. The van der Waals surface area contributed by atoms with Crippen molar-refractivity contribution >= 4 is 21.6 Å². The van der Waals surface area contributed by atoms with Crippen molar-refractivity contribution < 1.29 is 0 Å². The first-order valence-electron chi connectivity index (χ1n) is 6.43. The molecule has 0 saturated carbocycles. The smallest absolute Gasteiger partial charge is 0.260 e. The molecule has 3 rings (SSSR count). The number of aromatic amines is 1. The van der Waals surface area contributed by atoms with Gasteiger partial charge in [-0.05, 0) is 29.3 Å². The molecule has 0 atom stereocenters. The van der Waals surface area contributed by atoms with Gasteiger partial charge < -0.3 is 4.98 Å². The van der Waals surface area contributed by atoms with E-state index in [0.717, 1.165) is 16.8 Å². The second kappa shape index (κ2) is 5.13. The summed E-state index contributed by atoms with van der Waals surface area (Å²) in [4.78, 5) is 28.5. The Morgan fingerprint density at radius 1 is 1.30 bits per heavy atom. The van der Waals surface area contributed by atoms with Crippen LogP contribution >= 0.6 is 11.3 Å². The Morgan fingerprint density at radius 3 is 2.75 bits per heavy atom. The van der Waals surface area contributed by atoms with Crippen molar-refractivity contribution in [3.63, 3.8) is 0 Å². The summed E-state index contributed by atoms with van der Waals surface area (Å²) in [6.07, 6.45) is 4.14. The highest BCUT2D eigenvalue weighted by molar-refractivity contribution is 7.16. The highest BCUT2D eigenvalue weighted by atomic mass is 32.1. The molecule has 3 aromatic heterocycles. The summed E-state index contributed by atoms with van der Waals surface area (Å²) in [6.45, 7) is 4.27. The van der Waals surface area contributed by atoms with Gasteiger partial charge in [0, 0.05) is 12.4 Å². The van der Waals surface area contributed by atoms with Gasteiger partial charge in [0.2, 0.25) is 0 Å². The number of hydrogen-bond donors (Lipinski definition) is 1. The molecule has 3 heterocycles. The minimum absolute atomic E-state index is 0.116. The van der Waals surface area contributed by atoms with Crippen LogP contribution in [0, 0.1) is 5.92 Å². The van der Waals surface area contributed by atoms with Gasteiger partial charge in [-0.3, -0.25) is 4.79 Å². The normalized spacial score (nSPS) is 11.3. The topological polar surface area (TPSA) is 71.5 Å². The number of fused-ring (bicyclic) bond motifs is 1. The molecule has 1 N–H and O–H groups in total. The van der Waals surface area contributed by atoms with Crippen LogP contribution in [0.15, 0.2) is 28.6 Å². The van der Waals surface area contributed by atoms with Crippen molar-refractivity contribution in [3.8, 4) is 11.6 Å². The third-order valence-electron chi connectivity index (χ3n) is 2.93. The number of aromatic nitrogens is 4. The number of nitrogens with zero attached hydrogens (tertiary/aromatic N) is 3. The zero-order valence-electron chi connectivity index (χ0n) is 11.3. The van der Waals surface area contributed by atoms with Crippen molar-refractivity contribution in [2.75, 3.05) is 0 Å². The summed E-state index contributed by atoms with van der Waals surface area (Å²) < 4.78 is 0. The first-order chi connectivity index (χ1) is 9.65. The molecule has 0 aliphatic rings. The van der Waals surface area contributed by atoms with Crippen molar-refractivity contribution in [2.45, 2.75) is 20.3 Å². The van der Waals surface area contributed by atoms with Gasteiger partial charge in [-0.15, -0.1) is 11.3 Å². The molecule has 6 heteroatoms. The van der Waals surface area contributed by atoms with Crippen molar-refractivity contribution in [2.24, 2.45) is 5.92 Å². The van der Waals surface area contributed by atoms with E-state index < -0.39 is 0 Å². The van der Waals surface area contributed by atoms with Gasteiger partial charge in [0.05, 0.1) is 5.39 Å². The van der Waals surface area contributed by atoms with E-state index in [-0.39, 0.29) is 5.56 Å². The molecular formula is C14H14N4OS. The molecule has 0 aliphatic carbocycles. The number of hydrogen-bond acceptors (Lipinski definition) is 5. The Morgan fingerprint density at radius 2 is 2.05 bits per heavy atom. The van der Waals surface area contributed by atoms with Gasteiger partial charge in [0.25, 0.3) is 5.56 Å². The summed E-state index contributed by atoms with van der Waals surface area (Å²) >= 11 is 1.49. The maximum Gasteiger partial charge on any atom is 0.260 e. The zero-order chi connectivity index (χ0) is 14.1. The van der Waals surface area contributed by atoms with Crippen LogP contribution in [0.25, 0.3) is 21.9 Å². The summed E-state index contributed by atoms with van der Waals surface area (Å²) in [5, 5.41) is 2.71. The van der Waals surface area contributed by atoms with Crippen LogP contribution in [0.3, 0.4) is 0 Å². The first kappa shape index (κ1) is 12.9. The average molecular weight is 286 g/mol. The number of thiophene rings is 1. The number of H-pyrrole nitrogens is 1. The zero-order valence-corrected chi connectivity index (χ0v) is 12.1. The number of rotatable bonds is 3. The SMILES string of the molecule is CC(C)Cc1csc2nc(-c3ncccn3)[nH]c(=O)c12. The van der Waals surface area contributed by atoms with Crippen LogP contribution in [-0.2, 0) is 6.42 Å². The standard InChI is InChI=1S/C14H14N4OS/c1-8(2)6-9-7-20-14-10(9)13(19)17-12(18-14)11-15-4-3-5-16-11/h3-5,7-8H,6H2,1-2H3,(H,17,18,19). The van der Waals surface area contributed by atoms with E-state index in [1.807, 2.05) is 5.38 Å². The van der Waals surface area contributed by atoms with Crippen LogP contribution < -0.4 is 5.56 Å². The van der Waals surface area contributed by atoms with Gasteiger partial charge in [0.15, 0.2) is 11.6 Å². The predicted molar refractivity (Wildman–Crippen MR) is 79.8 cm³/mol. The third kappa shape index (κ3) is 2.34. The molecule has 5 nitrogen and oxygen atoms in total. The summed E-state index contributed by atoms with van der Waals surface area (Å²) in [7, 11) is 0. The van der Waals surface area contributed by atoms with E-state index in [1.54, 1.807) is 18.5 Å². The molecule has 0 spiro atoms. The summed E-state index contributed by atoms with van der Waals surface area (Å²) in [6, 6.07) is 1.73. The van der Waals surface area contributed by atoms with E-state index in [0.29, 0.717) is 23.0 Å². The van der Waals surface area contributed by atoms with E-state index in [4.69, 9.17) is 0 Å². The highest BCUT2D eigenvalue weighted by Gasteiger charge is 2.13. The molecule has 0 saturated heterocycles. The Labute approximate surface area is 119 Å². The molecule has 0 amide bonds. The van der Waals surface area contributed by atoms with E-state index in [9.17, 15) is 4.79 Å². The molecule has 0 aromatic carbocycles. The van der Waals surface area contributed by atoms with Crippen molar-refractivity contribution in [3.05, 3.63) is 39.8 Å². The average Bonchev–Trinajstić information content (AvgIpc) is 2.82. The lowest BCUT2D eigenvalue weighted by Crippen LogP contribution is -2.11. The Hall–Kier alpha value is -2.08. The maximum atomic E-state index is 12.3. The van der Waals surface area contributed by atoms with Gasteiger partial charge in [-0.2, -0.15) is 0 Å². The molecule has 0 fully saturated rings. The summed E-state index contributed by atoms with van der Waals surface area (Å²) in [5.74, 6) is 1.36. The quantitative estimate of drug-likeness (QED) is 0.803. The Balaban J connectivity index is 2.15. The second-order valence-electron chi connectivity index (χ2n) is 5.03. The fourth-order valence-electron chi connectivity index (χ4n) is 2.12. The maximum absolute atomic E-state index is 12.3. The lowest BCUT2D eigenvalue weighted by atomic mass is 10.0. The Bertz CT molecular complexity index is 792.